The molecule has 1 aromatic rings. The minimum Gasteiger partial charge on any atom is -0.355 e. The standard InChI is InChI=1S/C19H33N5O2S.HI/c1-16(2)18-7-5-17(6-8-18)15-23-11-13-24(14-12-23)19(20-3)21-9-10-22-27(4,25)26;/h5-8,16,22H,9-15H2,1-4H3,(H,20,21);1H. The van der Waals surface area contributed by atoms with Crippen molar-refractivity contribution in [3.05, 3.63) is 35.4 Å². The lowest BCUT2D eigenvalue weighted by Crippen LogP contribution is -2.52. The zero-order valence-electron chi connectivity index (χ0n) is 17.3. The number of piperazine rings is 1. The zero-order valence-corrected chi connectivity index (χ0v) is 20.5. The molecule has 1 heterocycles. The van der Waals surface area contributed by atoms with E-state index in [4.69, 9.17) is 0 Å². The van der Waals surface area contributed by atoms with Crippen molar-refractivity contribution < 1.29 is 8.42 Å². The number of hydrogen-bond acceptors (Lipinski definition) is 4. The Morgan fingerprint density at radius 2 is 1.71 bits per heavy atom. The van der Waals surface area contributed by atoms with Gasteiger partial charge in [-0.25, -0.2) is 13.1 Å². The third-order valence-electron chi connectivity index (χ3n) is 4.71. The lowest BCUT2D eigenvalue weighted by molar-refractivity contribution is 0.172. The van der Waals surface area contributed by atoms with Gasteiger partial charge in [0.15, 0.2) is 5.96 Å². The van der Waals surface area contributed by atoms with Crippen molar-refractivity contribution in [2.75, 3.05) is 52.6 Å². The van der Waals surface area contributed by atoms with Crippen LogP contribution in [-0.2, 0) is 16.6 Å². The Hall–Kier alpha value is -0.910. The third kappa shape index (κ3) is 8.62. The second kappa shape index (κ2) is 11.9. The van der Waals surface area contributed by atoms with Crippen molar-refractivity contribution in [3.63, 3.8) is 0 Å². The molecule has 0 saturated carbocycles. The van der Waals surface area contributed by atoms with Crippen LogP contribution in [0.4, 0.5) is 0 Å². The van der Waals surface area contributed by atoms with E-state index >= 15 is 0 Å². The van der Waals surface area contributed by atoms with E-state index in [-0.39, 0.29) is 24.0 Å². The zero-order chi connectivity index (χ0) is 19.9. The molecule has 160 valence electrons. The Kier molecular flexibility index (Phi) is 10.7. The summed E-state index contributed by atoms with van der Waals surface area (Å²) in [6.45, 7) is 10.0. The van der Waals surface area contributed by atoms with Gasteiger partial charge in [0.1, 0.15) is 0 Å². The van der Waals surface area contributed by atoms with Gasteiger partial charge in [0.05, 0.1) is 6.26 Å². The summed E-state index contributed by atoms with van der Waals surface area (Å²) in [6, 6.07) is 8.92. The Labute approximate surface area is 187 Å². The quantitative estimate of drug-likeness (QED) is 0.246. The minimum atomic E-state index is -3.15. The number of guanidine groups is 1. The van der Waals surface area contributed by atoms with E-state index in [1.165, 1.54) is 11.1 Å². The van der Waals surface area contributed by atoms with E-state index in [9.17, 15) is 8.42 Å². The molecule has 0 unspecified atom stereocenters. The summed E-state index contributed by atoms with van der Waals surface area (Å²) in [5, 5.41) is 3.22. The van der Waals surface area contributed by atoms with Crippen LogP contribution in [0.15, 0.2) is 29.3 Å². The molecule has 0 aromatic heterocycles. The summed E-state index contributed by atoms with van der Waals surface area (Å²) in [4.78, 5) is 9.00. The van der Waals surface area contributed by atoms with Gasteiger partial charge in [0.2, 0.25) is 10.0 Å². The number of nitrogens with zero attached hydrogens (tertiary/aromatic N) is 3. The highest BCUT2D eigenvalue weighted by atomic mass is 127. The fourth-order valence-electron chi connectivity index (χ4n) is 3.13. The molecule has 2 rings (SSSR count). The summed E-state index contributed by atoms with van der Waals surface area (Å²) < 4.78 is 24.7. The fraction of sp³-hybridized carbons (Fsp3) is 0.632. The van der Waals surface area contributed by atoms with Crippen LogP contribution in [0.1, 0.15) is 30.9 Å². The maximum Gasteiger partial charge on any atom is 0.208 e. The molecule has 1 aliphatic rings. The topological polar surface area (TPSA) is 77.0 Å². The molecule has 1 fully saturated rings. The first-order chi connectivity index (χ1) is 12.8. The molecular weight excluding hydrogens is 489 g/mol. The molecule has 0 atom stereocenters. The summed E-state index contributed by atoms with van der Waals surface area (Å²) in [5.41, 5.74) is 2.73. The number of sulfonamides is 1. The summed E-state index contributed by atoms with van der Waals surface area (Å²) in [5.74, 6) is 1.39. The van der Waals surface area contributed by atoms with Crippen LogP contribution >= 0.6 is 24.0 Å². The van der Waals surface area contributed by atoms with Gasteiger partial charge in [0, 0.05) is 52.9 Å². The second-order valence-corrected chi connectivity index (χ2v) is 9.13. The van der Waals surface area contributed by atoms with Crippen molar-refractivity contribution in [2.24, 2.45) is 4.99 Å². The summed E-state index contributed by atoms with van der Waals surface area (Å²) in [6.07, 6.45) is 1.16. The van der Waals surface area contributed by atoms with E-state index in [1.54, 1.807) is 7.05 Å². The monoisotopic (exact) mass is 523 g/mol. The number of nitrogens with one attached hydrogen (secondary N) is 2. The van der Waals surface area contributed by atoms with Crippen molar-refractivity contribution >= 4 is 40.0 Å². The van der Waals surface area contributed by atoms with Crippen molar-refractivity contribution in [1.82, 2.24) is 19.8 Å². The summed E-state index contributed by atoms with van der Waals surface area (Å²) >= 11 is 0. The van der Waals surface area contributed by atoms with Crippen LogP contribution in [0.25, 0.3) is 0 Å². The van der Waals surface area contributed by atoms with Gasteiger partial charge < -0.3 is 10.2 Å². The smallest absolute Gasteiger partial charge is 0.208 e. The number of benzene rings is 1. The van der Waals surface area contributed by atoms with Gasteiger partial charge >= 0.3 is 0 Å². The predicted molar refractivity (Wildman–Crippen MR) is 127 cm³/mol. The van der Waals surface area contributed by atoms with Crippen molar-refractivity contribution in [1.29, 1.82) is 0 Å². The second-order valence-electron chi connectivity index (χ2n) is 7.30. The Balaban J connectivity index is 0.00000392. The minimum absolute atomic E-state index is 0. The van der Waals surface area contributed by atoms with Gasteiger partial charge in [-0.1, -0.05) is 38.1 Å². The molecule has 2 N–H and O–H groups in total. The van der Waals surface area contributed by atoms with Crippen molar-refractivity contribution in [3.8, 4) is 0 Å². The van der Waals surface area contributed by atoms with Crippen LogP contribution in [0.3, 0.4) is 0 Å². The Morgan fingerprint density at radius 1 is 1.11 bits per heavy atom. The lowest BCUT2D eigenvalue weighted by atomic mass is 10.0. The van der Waals surface area contributed by atoms with E-state index in [2.05, 4.69) is 62.9 Å². The average molecular weight is 523 g/mol. The lowest BCUT2D eigenvalue weighted by Gasteiger charge is -2.36. The van der Waals surface area contributed by atoms with Gasteiger partial charge in [-0.15, -0.1) is 24.0 Å². The molecule has 1 aromatic carbocycles. The molecule has 1 saturated heterocycles. The van der Waals surface area contributed by atoms with E-state index in [0.29, 0.717) is 19.0 Å². The van der Waals surface area contributed by atoms with Crippen LogP contribution in [-0.4, -0.2) is 76.7 Å². The third-order valence-corrected chi connectivity index (χ3v) is 5.44. The normalized spacial score (nSPS) is 16.2. The van der Waals surface area contributed by atoms with Crippen LogP contribution in [0, 0.1) is 0 Å². The first-order valence-electron chi connectivity index (χ1n) is 9.50. The molecule has 9 heteroatoms. The average Bonchev–Trinajstić information content (AvgIpc) is 2.62. The highest BCUT2D eigenvalue weighted by Crippen LogP contribution is 2.16. The molecule has 0 aliphatic carbocycles. The molecule has 0 bridgehead atoms. The molecule has 0 spiro atoms. The number of aliphatic imine (C=N–C) groups is 1. The van der Waals surface area contributed by atoms with Gasteiger partial charge in [-0.05, 0) is 17.0 Å². The maximum atomic E-state index is 11.1. The molecule has 0 amide bonds. The molecular formula is C19H34IN5O2S. The Bertz CT molecular complexity index is 714. The number of halogens is 1. The number of rotatable bonds is 7. The van der Waals surface area contributed by atoms with Gasteiger partial charge in [-0.2, -0.15) is 0 Å². The van der Waals surface area contributed by atoms with Crippen LogP contribution < -0.4 is 10.0 Å². The highest BCUT2D eigenvalue weighted by Gasteiger charge is 2.19. The molecule has 1 aliphatic heterocycles. The van der Waals surface area contributed by atoms with Crippen molar-refractivity contribution in [2.45, 2.75) is 26.3 Å². The van der Waals surface area contributed by atoms with Crippen LogP contribution in [0.2, 0.25) is 0 Å². The van der Waals surface area contributed by atoms with E-state index in [1.807, 2.05) is 0 Å². The SMILES string of the molecule is CN=C(NCCNS(C)(=O)=O)N1CCN(Cc2ccc(C(C)C)cc2)CC1.I. The number of hydrogen-bond donors (Lipinski definition) is 2. The molecule has 7 nitrogen and oxygen atoms in total. The van der Waals surface area contributed by atoms with Gasteiger partial charge in [-0.3, -0.25) is 9.89 Å². The first kappa shape index (κ1) is 25.1. The van der Waals surface area contributed by atoms with E-state index in [0.717, 1.165) is 44.9 Å². The fourth-order valence-corrected chi connectivity index (χ4v) is 3.60. The maximum absolute atomic E-state index is 11.1. The predicted octanol–water partition coefficient (Wildman–Crippen LogP) is 1.67. The van der Waals surface area contributed by atoms with Crippen LogP contribution in [0.5, 0.6) is 0 Å². The highest BCUT2D eigenvalue weighted by molar-refractivity contribution is 14.0. The first-order valence-corrected chi connectivity index (χ1v) is 11.4. The van der Waals surface area contributed by atoms with E-state index < -0.39 is 10.0 Å². The largest absolute Gasteiger partial charge is 0.355 e. The summed E-state index contributed by atoms with van der Waals surface area (Å²) in [7, 11) is -1.39. The molecule has 28 heavy (non-hydrogen) atoms. The Morgan fingerprint density at radius 3 is 2.21 bits per heavy atom. The van der Waals surface area contributed by atoms with Gasteiger partial charge in [0.25, 0.3) is 0 Å². The molecule has 0 radical (unpaired) electrons.